The van der Waals surface area contributed by atoms with Crippen LogP contribution in [0.15, 0.2) is 39.0 Å². The van der Waals surface area contributed by atoms with Gasteiger partial charge in [-0.2, -0.15) is 0 Å². The van der Waals surface area contributed by atoms with E-state index in [0.29, 0.717) is 30.1 Å². The number of benzene rings is 1. The molecule has 8 heteroatoms. The number of thiophene rings is 1. The molecule has 3 rings (SSSR count). The van der Waals surface area contributed by atoms with Crippen LogP contribution in [-0.4, -0.2) is 25.8 Å². The van der Waals surface area contributed by atoms with Crippen molar-refractivity contribution in [3.05, 3.63) is 50.8 Å². The van der Waals surface area contributed by atoms with Crippen LogP contribution >= 0.6 is 27.3 Å². The van der Waals surface area contributed by atoms with Gasteiger partial charge >= 0.3 is 0 Å². The Morgan fingerprint density at radius 2 is 2.16 bits per heavy atom. The van der Waals surface area contributed by atoms with Crippen LogP contribution in [0.5, 0.6) is 0 Å². The number of carbonyl (C=O) groups is 1. The minimum atomic E-state index is -3.56. The number of nitrogens with zero attached hydrogens (tertiary/aromatic N) is 1. The molecule has 1 aliphatic rings. The predicted octanol–water partition coefficient (Wildman–Crippen LogP) is 3.28. The lowest BCUT2D eigenvalue weighted by molar-refractivity contribution is -0.131. The van der Waals surface area contributed by atoms with Crippen LogP contribution in [0.1, 0.15) is 29.3 Å². The lowest BCUT2D eigenvalue weighted by Crippen LogP contribution is -2.34. The second-order valence-electron chi connectivity index (χ2n) is 5.89. The fraction of sp³-hybridized carbons (Fsp3) is 0.353. The molecule has 0 aliphatic carbocycles. The third-order valence-corrected chi connectivity index (χ3v) is 7.72. The molecule has 134 valence electrons. The van der Waals surface area contributed by atoms with Crippen LogP contribution < -0.4 is 4.72 Å². The Labute approximate surface area is 160 Å². The van der Waals surface area contributed by atoms with Gasteiger partial charge in [-0.05, 0) is 35.7 Å². The molecule has 0 fully saturated rings. The fourth-order valence-corrected chi connectivity index (χ4v) is 5.82. The minimum absolute atomic E-state index is 0.106. The van der Waals surface area contributed by atoms with E-state index in [2.05, 4.69) is 20.7 Å². The molecule has 1 amide bonds. The molecule has 0 saturated heterocycles. The number of rotatable bonds is 5. The van der Waals surface area contributed by atoms with Crippen molar-refractivity contribution in [1.82, 2.24) is 9.62 Å². The summed E-state index contributed by atoms with van der Waals surface area (Å²) in [6, 6.07) is 9.24. The molecule has 1 aliphatic heterocycles. The van der Waals surface area contributed by atoms with Crippen LogP contribution in [0.25, 0.3) is 0 Å². The van der Waals surface area contributed by atoms with Crippen LogP contribution in [-0.2, 0) is 34.3 Å². The third kappa shape index (κ3) is 4.31. The van der Waals surface area contributed by atoms with E-state index in [0.717, 1.165) is 20.5 Å². The number of hydrogen-bond acceptors (Lipinski definition) is 4. The average molecular weight is 443 g/mol. The highest BCUT2D eigenvalue weighted by Crippen LogP contribution is 2.31. The first-order valence-electron chi connectivity index (χ1n) is 8.02. The summed E-state index contributed by atoms with van der Waals surface area (Å²) < 4.78 is 29.1. The SMILES string of the molecule is CCC(=O)N1CCc2sc(S(=O)(=O)NCc3cccc(Br)c3)cc2C1. The first-order chi connectivity index (χ1) is 11.9. The minimum Gasteiger partial charge on any atom is -0.338 e. The highest BCUT2D eigenvalue weighted by atomic mass is 79.9. The molecule has 1 N–H and O–H groups in total. The van der Waals surface area contributed by atoms with E-state index in [-0.39, 0.29) is 12.5 Å². The summed E-state index contributed by atoms with van der Waals surface area (Å²) in [6.07, 6.45) is 1.19. The lowest BCUT2D eigenvalue weighted by atomic mass is 10.1. The summed E-state index contributed by atoms with van der Waals surface area (Å²) >= 11 is 4.69. The van der Waals surface area contributed by atoms with E-state index >= 15 is 0 Å². The first kappa shape index (κ1) is 18.6. The van der Waals surface area contributed by atoms with E-state index in [1.165, 1.54) is 11.3 Å². The van der Waals surface area contributed by atoms with Crippen molar-refractivity contribution in [2.45, 2.75) is 37.1 Å². The molecule has 2 heterocycles. The van der Waals surface area contributed by atoms with Gasteiger partial charge in [0.05, 0.1) is 0 Å². The van der Waals surface area contributed by atoms with Gasteiger partial charge < -0.3 is 4.90 Å². The summed E-state index contributed by atoms with van der Waals surface area (Å²) in [5.74, 6) is 0.106. The molecule has 2 aromatic rings. The maximum Gasteiger partial charge on any atom is 0.250 e. The summed E-state index contributed by atoms with van der Waals surface area (Å²) in [4.78, 5) is 14.7. The van der Waals surface area contributed by atoms with Crippen molar-refractivity contribution in [2.75, 3.05) is 6.54 Å². The molecule has 0 spiro atoms. The molecule has 0 radical (unpaired) electrons. The number of sulfonamides is 1. The van der Waals surface area contributed by atoms with Crippen LogP contribution in [0, 0.1) is 0 Å². The molecular weight excluding hydrogens is 424 g/mol. The van der Waals surface area contributed by atoms with Crippen molar-refractivity contribution < 1.29 is 13.2 Å². The Kier molecular flexibility index (Phi) is 5.62. The van der Waals surface area contributed by atoms with Gasteiger partial charge in [-0.15, -0.1) is 11.3 Å². The molecule has 0 saturated carbocycles. The van der Waals surface area contributed by atoms with E-state index < -0.39 is 10.0 Å². The highest BCUT2D eigenvalue weighted by molar-refractivity contribution is 9.10. The van der Waals surface area contributed by atoms with E-state index in [9.17, 15) is 13.2 Å². The van der Waals surface area contributed by atoms with Crippen molar-refractivity contribution in [2.24, 2.45) is 0 Å². The average Bonchev–Trinajstić information content (AvgIpc) is 3.03. The Balaban J connectivity index is 1.73. The molecule has 0 bridgehead atoms. The standard InChI is InChI=1S/C17H19BrN2O3S2/c1-2-16(21)20-7-6-15-13(11-20)9-17(24-15)25(22,23)19-10-12-4-3-5-14(18)8-12/h3-5,8-9,19H,2,6-7,10-11H2,1H3. The molecule has 0 atom stereocenters. The molecule has 0 unspecified atom stereocenters. The van der Waals surface area contributed by atoms with Gasteiger partial charge in [0.2, 0.25) is 15.9 Å². The fourth-order valence-electron chi connectivity index (χ4n) is 2.77. The zero-order chi connectivity index (χ0) is 18.0. The van der Waals surface area contributed by atoms with Crippen LogP contribution in [0.4, 0.5) is 0 Å². The van der Waals surface area contributed by atoms with Gasteiger partial charge in [0.1, 0.15) is 4.21 Å². The summed E-state index contributed by atoms with van der Waals surface area (Å²) in [7, 11) is -3.56. The predicted molar refractivity (Wildman–Crippen MR) is 102 cm³/mol. The van der Waals surface area contributed by atoms with E-state index in [1.54, 1.807) is 11.0 Å². The zero-order valence-corrected chi connectivity index (χ0v) is 17.0. The summed E-state index contributed by atoms with van der Waals surface area (Å²) in [5, 5.41) is 0. The topological polar surface area (TPSA) is 66.5 Å². The maximum atomic E-state index is 12.6. The van der Waals surface area contributed by atoms with Crippen molar-refractivity contribution in [3.63, 3.8) is 0 Å². The van der Waals surface area contributed by atoms with Crippen molar-refractivity contribution >= 4 is 43.2 Å². The third-order valence-electron chi connectivity index (χ3n) is 4.12. The second-order valence-corrected chi connectivity index (χ2v) is 9.93. The smallest absolute Gasteiger partial charge is 0.250 e. The Hall–Kier alpha value is -1.22. The van der Waals surface area contributed by atoms with E-state index in [4.69, 9.17) is 0 Å². The lowest BCUT2D eigenvalue weighted by Gasteiger charge is -2.26. The molecule has 5 nitrogen and oxygen atoms in total. The Bertz CT molecular complexity index is 893. The Morgan fingerprint density at radius 3 is 2.88 bits per heavy atom. The molecular formula is C17H19BrN2O3S2. The highest BCUT2D eigenvalue weighted by Gasteiger charge is 2.25. The van der Waals surface area contributed by atoms with Gasteiger partial charge in [0.25, 0.3) is 0 Å². The van der Waals surface area contributed by atoms with Gasteiger partial charge in [-0.3, -0.25) is 4.79 Å². The summed E-state index contributed by atoms with van der Waals surface area (Å²) in [5.41, 5.74) is 1.83. The Morgan fingerprint density at radius 1 is 1.36 bits per heavy atom. The van der Waals surface area contributed by atoms with Gasteiger partial charge in [0.15, 0.2) is 0 Å². The number of halogens is 1. The van der Waals surface area contributed by atoms with Gasteiger partial charge in [-0.1, -0.05) is 35.0 Å². The number of hydrogen-bond donors (Lipinski definition) is 1. The quantitative estimate of drug-likeness (QED) is 0.772. The number of carbonyl (C=O) groups excluding carboxylic acids is 1. The van der Waals surface area contributed by atoms with Gasteiger partial charge in [0, 0.05) is 35.4 Å². The molecule has 1 aromatic carbocycles. The maximum absolute atomic E-state index is 12.6. The molecule has 25 heavy (non-hydrogen) atoms. The molecule has 1 aromatic heterocycles. The largest absolute Gasteiger partial charge is 0.338 e. The number of amides is 1. The van der Waals surface area contributed by atoms with Crippen molar-refractivity contribution in [1.29, 1.82) is 0 Å². The number of fused-ring (bicyclic) bond motifs is 1. The van der Waals surface area contributed by atoms with Crippen LogP contribution in [0.2, 0.25) is 0 Å². The second kappa shape index (κ2) is 7.57. The normalized spacial score (nSPS) is 14.4. The van der Waals surface area contributed by atoms with Crippen LogP contribution in [0.3, 0.4) is 0 Å². The monoisotopic (exact) mass is 442 g/mol. The zero-order valence-electron chi connectivity index (χ0n) is 13.8. The van der Waals surface area contributed by atoms with E-state index in [1.807, 2.05) is 31.2 Å². The summed E-state index contributed by atoms with van der Waals surface area (Å²) in [6.45, 7) is 3.24. The van der Waals surface area contributed by atoms with Gasteiger partial charge in [-0.25, -0.2) is 13.1 Å². The van der Waals surface area contributed by atoms with Crippen molar-refractivity contribution in [3.8, 4) is 0 Å². The first-order valence-corrected chi connectivity index (χ1v) is 11.1. The number of nitrogens with one attached hydrogen (secondary N) is 1.